The summed E-state index contributed by atoms with van der Waals surface area (Å²) < 4.78 is 0. The number of halogens is 1. The van der Waals surface area contributed by atoms with Crippen molar-refractivity contribution < 1.29 is 5.11 Å². The molecule has 1 unspecified atom stereocenters. The van der Waals surface area contributed by atoms with Gasteiger partial charge in [0.25, 0.3) is 0 Å². The second-order valence-corrected chi connectivity index (χ2v) is 6.05. The Bertz CT molecular complexity index is 651. The van der Waals surface area contributed by atoms with Crippen molar-refractivity contribution in [2.45, 2.75) is 32.2 Å². The van der Waals surface area contributed by atoms with E-state index in [1.54, 1.807) is 0 Å². The van der Waals surface area contributed by atoms with E-state index < -0.39 is 0 Å². The summed E-state index contributed by atoms with van der Waals surface area (Å²) in [5, 5.41) is 16.1. The molecule has 0 fully saturated rings. The number of hydrogen-bond donors (Lipinski definition) is 3. The summed E-state index contributed by atoms with van der Waals surface area (Å²) in [4.78, 5) is 9.56. The smallest absolute Gasteiger partial charge is 0.135 e. The van der Waals surface area contributed by atoms with Crippen LogP contribution in [0.4, 0.5) is 5.82 Å². The van der Waals surface area contributed by atoms with Crippen LogP contribution in [0, 0.1) is 0 Å². The summed E-state index contributed by atoms with van der Waals surface area (Å²) in [6, 6.07) is 10.3. The summed E-state index contributed by atoms with van der Waals surface area (Å²) in [5.74, 6) is 1.72. The molecular weight excluding hydrogens is 324 g/mol. The van der Waals surface area contributed by atoms with E-state index in [9.17, 15) is 5.11 Å². The molecule has 1 aliphatic heterocycles. The van der Waals surface area contributed by atoms with E-state index in [1.165, 1.54) is 11.1 Å². The number of hydrogen-bond acceptors (Lipinski definition) is 5. The molecule has 24 heavy (non-hydrogen) atoms. The fourth-order valence-corrected chi connectivity index (χ4v) is 2.85. The monoisotopic (exact) mass is 348 g/mol. The highest BCUT2D eigenvalue weighted by atomic mass is 35.5. The van der Waals surface area contributed by atoms with Crippen molar-refractivity contribution >= 4 is 18.2 Å². The Morgan fingerprint density at radius 2 is 1.92 bits per heavy atom. The minimum Gasteiger partial charge on any atom is -0.394 e. The van der Waals surface area contributed by atoms with Crippen LogP contribution in [0.15, 0.2) is 30.3 Å². The molecule has 2 aromatic rings. The van der Waals surface area contributed by atoms with Crippen molar-refractivity contribution in [1.29, 1.82) is 0 Å². The lowest BCUT2D eigenvalue weighted by Gasteiger charge is -2.18. The van der Waals surface area contributed by atoms with Gasteiger partial charge < -0.3 is 15.7 Å². The van der Waals surface area contributed by atoms with Gasteiger partial charge in [-0.3, -0.25) is 0 Å². The van der Waals surface area contributed by atoms with Crippen molar-refractivity contribution in [3.05, 3.63) is 53.0 Å². The molecule has 2 heterocycles. The van der Waals surface area contributed by atoms with Gasteiger partial charge in [-0.1, -0.05) is 30.3 Å². The molecule has 0 bridgehead atoms. The van der Waals surface area contributed by atoms with Gasteiger partial charge in [-0.2, -0.15) is 0 Å². The van der Waals surface area contributed by atoms with E-state index in [2.05, 4.69) is 22.8 Å². The van der Waals surface area contributed by atoms with E-state index in [0.29, 0.717) is 0 Å². The maximum absolute atomic E-state index is 9.34. The summed E-state index contributed by atoms with van der Waals surface area (Å²) >= 11 is 0. The first kappa shape index (κ1) is 18.6. The van der Waals surface area contributed by atoms with Gasteiger partial charge in [-0.05, 0) is 25.5 Å². The summed E-state index contributed by atoms with van der Waals surface area (Å²) in [5.41, 5.74) is 3.52. The molecule has 0 saturated heterocycles. The minimum absolute atomic E-state index is 0. The SMILES string of the molecule is CC(CO)Nc1nc(Cc2ccccc2)nc2c1CCNCC2.Cl. The molecule has 0 saturated carbocycles. The highest BCUT2D eigenvalue weighted by Gasteiger charge is 2.17. The van der Waals surface area contributed by atoms with E-state index in [0.717, 1.165) is 49.7 Å². The van der Waals surface area contributed by atoms with Gasteiger partial charge in [0.1, 0.15) is 11.6 Å². The molecule has 1 aromatic carbocycles. The molecule has 3 N–H and O–H groups in total. The van der Waals surface area contributed by atoms with Crippen LogP contribution < -0.4 is 10.6 Å². The molecule has 0 radical (unpaired) electrons. The standard InChI is InChI=1S/C18H24N4O.ClH/c1-13(12-23)20-18-15-7-9-19-10-8-16(15)21-17(22-18)11-14-5-3-2-4-6-14;/h2-6,13,19,23H,7-12H2,1H3,(H,20,21,22);1H. The number of aromatic nitrogens is 2. The van der Waals surface area contributed by atoms with Crippen LogP contribution in [0.3, 0.4) is 0 Å². The van der Waals surface area contributed by atoms with Crippen LogP contribution in [-0.2, 0) is 19.3 Å². The van der Waals surface area contributed by atoms with Crippen molar-refractivity contribution in [3.8, 4) is 0 Å². The van der Waals surface area contributed by atoms with Crippen LogP contribution >= 0.6 is 12.4 Å². The number of aliphatic hydroxyl groups is 1. The van der Waals surface area contributed by atoms with Crippen LogP contribution in [0.2, 0.25) is 0 Å². The molecule has 1 aliphatic rings. The zero-order chi connectivity index (χ0) is 16.1. The highest BCUT2D eigenvalue weighted by Crippen LogP contribution is 2.21. The Morgan fingerprint density at radius 1 is 1.17 bits per heavy atom. The van der Waals surface area contributed by atoms with Crippen molar-refractivity contribution in [2.24, 2.45) is 0 Å². The summed E-state index contributed by atoms with van der Waals surface area (Å²) in [7, 11) is 0. The van der Waals surface area contributed by atoms with Crippen molar-refractivity contribution in [3.63, 3.8) is 0 Å². The van der Waals surface area contributed by atoms with Crippen LogP contribution in [0.1, 0.15) is 29.6 Å². The average molecular weight is 349 g/mol. The second kappa shape index (κ2) is 8.97. The van der Waals surface area contributed by atoms with Gasteiger partial charge in [-0.25, -0.2) is 9.97 Å². The van der Waals surface area contributed by atoms with Crippen LogP contribution in [0.5, 0.6) is 0 Å². The number of fused-ring (bicyclic) bond motifs is 1. The van der Waals surface area contributed by atoms with E-state index in [4.69, 9.17) is 9.97 Å². The Kier molecular flexibility index (Phi) is 6.97. The molecule has 6 heteroatoms. The lowest BCUT2D eigenvalue weighted by molar-refractivity contribution is 0.281. The predicted octanol–water partition coefficient (Wildman–Crippen LogP) is 1.97. The molecule has 0 spiro atoms. The zero-order valence-corrected chi connectivity index (χ0v) is 14.8. The molecule has 5 nitrogen and oxygen atoms in total. The number of rotatable bonds is 5. The topological polar surface area (TPSA) is 70.1 Å². The molecule has 0 amide bonds. The third kappa shape index (κ3) is 4.66. The molecule has 1 atom stereocenters. The van der Waals surface area contributed by atoms with Gasteiger partial charge in [0, 0.05) is 31.0 Å². The summed E-state index contributed by atoms with van der Waals surface area (Å²) in [6.07, 6.45) is 2.56. The Balaban J connectivity index is 0.00000208. The molecule has 1 aromatic heterocycles. The largest absolute Gasteiger partial charge is 0.394 e. The van der Waals surface area contributed by atoms with Gasteiger partial charge in [-0.15, -0.1) is 12.4 Å². The fraction of sp³-hybridized carbons (Fsp3) is 0.444. The van der Waals surface area contributed by atoms with Crippen LogP contribution in [0.25, 0.3) is 0 Å². The Hall–Kier alpha value is -1.69. The third-order valence-electron chi connectivity index (χ3n) is 4.09. The fourth-order valence-electron chi connectivity index (χ4n) is 2.85. The Labute approximate surface area is 149 Å². The van der Waals surface area contributed by atoms with Gasteiger partial charge >= 0.3 is 0 Å². The second-order valence-electron chi connectivity index (χ2n) is 6.05. The lowest BCUT2D eigenvalue weighted by Crippen LogP contribution is -2.23. The maximum atomic E-state index is 9.34. The number of aliphatic hydroxyl groups excluding tert-OH is 1. The van der Waals surface area contributed by atoms with Crippen molar-refractivity contribution in [1.82, 2.24) is 15.3 Å². The average Bonchev–Trinajstić information content (AvgIpc) is 2.81. The van der Waals surface area contributed by atoms with Crippen LogP contribution in [-0.4, -0.2) is 40.8 Å². The molecular formula is C18H25ClN4O. The molecule has 130 valence electrons. The number of nitrogens with zero attached hydrogens (tertiary/aromatic N) is 2. The first-order valence-corrected chi connectivity index (χ1v) is 8.27. The van der Waals surface area contributed by atoms with E-state index in [1.807, 2.05) is 25.1 Å². The van der Waals surface area contributed by atoms with Gasteiger partial charge in [0.2, 0.25) is 0 Å². The lowest BCUT2D eigenvalue weighted by atomic mass is 10.1. The van der Waals surface area contributed by atoms with E-state index >= 15 is 0 Å². The third-order valence-corrected chi connectivity index (χ3v) is 4.09. The minimum atomic E-state index is -0.0187. The number of anilines is 1. The van der Waals surface area contributed by atoms with Crippen molar-refractivity contribution in [2.75, 3.05) is 25.0 Å². The summed E-state index contributed by atoms with van der Waals surface area (Å²) in [6.45, 7) is 3.94. The number of benzene rings is 1. The highest BCUT2D eigenvalue weighted by molar-refractivity contribution is 5.85. The van der Waals surface area contributed by atoms with Gasteiger partial charge in [0.05, 0.1) is 12.3 Å². The molecule has 3 rings (SSSR count). The number of nitrogens with one attached hydrogen (secondary N) is 2. The Morgan fingerprint density at radius 3 is 2.67 bits per heavy atom. The quantitative estimate of drug-likeness (QED) is 0.770. The zero-order valence-electron chi connectivity index (χ0n) is 14.0. The van der Waals surface area contributed by atoms with E-state index in [-0.39, 0.29) is 25.1 Å². The maximum Gasteiger partial charge on any atom is 0.135 e. The first-order chi connectivity index (χ1) is 11.3. The predicted molar refractivity (Wildman–Crippen MR) is 99.0 cm³/mol. The first-order valence-electron chi connectivity index (χ1n) is 8.27. The molecule has 0 aliphatic carbocycles. The van der Waals surface area contributed by atoms with Gasteiger partial charge in [0.15, 0.2) is 0 Å². The normalized spacial score (nSPS) is 14.9.